The second kappa shape index (κ2) is 18.5. The molecule has 10 nitrogen and oxygen atoms in total. The van der Waals surface area contributed by atoms with E-state index in [0.29, 0.717) is 0 Å². The van der Waals surface area contributed by atoms with Crippen molar-refractivity contribution < 1.29 is 9.59 Å². The van der Waals surface area contributed by atoms with E-state index in [1.165, 1.54) is 23.6 Å². The maximum Gasteiger partial charge on any atom is 0.245 e. The van der Waals surface area contributed by atoms with Gasteiger partial charge < -0.3 is 19.8 Å². The van der Waals surface area contributed by atoms with Crippen LogP contribution in [0, 0.1) is 0 Å². The number of fused-ring (bicyclic) bond motifs is 3. The molecule has 4 aliphatic rings. The summed E-state index contributed by atoms with van der Waals surface area (Å²) in [6, 6.07) is 46.4. The van der Waals surface area contributed by atoms with Crippen molar-refractivity contribution in [1.29, 1.82) is 0 Å². The number of nitrogens with zero attached hydrogens (tertiary/aromatic N) is 6. The predicted octanol–water partition coefficient (Wildman–Crippen LogP) is 11.7. The number of carbonyl (C=O) groups excluding carboxylic acids is 2. The van der Waals surface area contributed by atoms with Gasteiger partial charge in [0.2, 0.25) is 11.8 Å². The van der Waals surface area contributed by atoms with Crippen LogP contribution in [0.25, 0.3) is 55.1 Å². The molecule has 6 aromatic carbocycles. The summed E-state index contributed by atoms with van der Waals surface area (Å²) in [4.78, 5) is 55.6. The first-order valence-corrected chi connectivity index (χ1v) is 25.3. The molecule has 4 saturated heterocycles. The third-order valence-electron chi connectivity index (χ3n) is 15.4. The molecule has 0 radical (unpaired) electrons. The van der Waals surface area contributed by atoms with E-state index in [-0.39, 0.29) is 36.0 Å². The smallest absolute Gasteiger partial charge is 0.245 e. The number of hydrogen-bond acceptors (Lipinski definition) is 6. The highest BCUT2D eigenvalue weighted by molar-refractivity contribution is 5.93. The van der Waals surface area contributed by atoms with Gasteiger partial charge in [0.15, 0.2) is 0 Å². The topological polar surface area (TPSA) is 104 Å². The molecule has 4 fully saturated rings. The van der Waals surface area contributed by atoms with Crippen LogP contribution in [0.2, 0.25) is 0 Å². The van der Waals surface area contributed by atoms with Crippen LogP contribution in [0.15, 0.2) is 133 Å². The molecule has 2 aromatic heterocycles. The second-order valence-electron chi connectivity index (χ2n) is 19.7. The quantitative estimate of drug-likeness (QED) is 0.142. The maximum absolute atomic E-state index is 14.5. The molecule has 4 aliphatic heterocycles. The number of H-pyrrole nitrogens is 2. The molecule has 12 rings (SSSR count). The van der Waals surface area contributed by atoms with Gasteiger partial charge in [-0.05, 0) is 158 Å². The molecule has 0 aliphatic carbocycles. The average molecular weight is 901 g/mol. The summed E-state index contributed by atoms with van der Waals surface area (Å²) in [5.74, 6) is 2.13. The standard InChI is InChI=1S/C58H60N8O2/c67-57(53(39-15-5-1-6-16-39)63-29-9-3-10-30-63)65-33-13-19-51(65)55-59-47-27-25-45(37-49(47)61-55)43-23-21-42-36-44(24-22-41(42)35-43)46-26-28-48-50(38-46)62-56(60-48)52-20-14-34-66(52)58(68)54(40-17-7-2-8-18-40)64-31-11-4-12-32-64/h1-2,5-8,15-18,21-28,35-38,51-54H,3-4,9-14,19-20,29-34H2,(H,59,61)(H,60,62)/t51-,52-,53+,54+/m0/s1. The number of nitrogens with one attached hydrogen (secondary N) is 2. The first-order chi connectivity index (χ1) is 33.5. The number of amides is 2. The van der Waals surface area contributed by atoms with Crippen molar-refractivity contribution in [2.24, 2.45) is 0 Å². The molecule has 344 valence electrons. The lowest BCUT2D eigenvalue weighted by Gasteiger charge is -2.37. The lowest BCUT2D eigenvalue weighted by molar-refractivity contribution is -0.139. The SMILES string of the molecule is O=C([C@@H](c1ccccc1)N1CCCCC1)N1CCC[C@H]1c1nc2ccc(-c3ccc4cc(-c5ccc6nc([C@@H]7CCCN7C(=O)[C@@H](c7ccccc7)N7CCCCC7)[nH]c6c5)ccc4c3)cc2[nH]1. The fourth-order valence-corrected chi connectivity index (χ4v) is 11.9. The number of likely N-dealkylation sites (tertiary alicyclic amines) is 4. The number of aromatic nitrogens is 4. The highest BCUT2D eigenvalue weighted by Crippen LogP contribution is 2.39. The zero-order valence-electron chi connectivity index (χ0n) is 38.8. The molecule has 0 unspecified atom stereocenters. The van der Waals surface area contributed by atoms with Crippen LogP contribution >= 0.6 is 0 Å². The first-order valence-electron chi connectivity index (χ1n) is 25.3. The fourth-order valence-electron chi connectivity index (χ4n) is 11.9. The number of hydrogen-bond donors (Lipinski definition) is 2. The molecule has 0 spiro atoms. The Kier molecular flexibility index (Phi) is 11.6. The van der Waals surface area contributed by atoms with Crippen molar-refractivity contribution in [3.05, 3.63) is 156 Å². The van der Waals surface area contributed by atoms with Gasteiger partial charge in [-0.3, -0.25) is 19.4 Å². The monoisotopic (exact) mass is 900 g/mol. The van der Waals surface area contributed by atoms with E-state index in [1.54, 1.807) is 0 Å². The van der Waals surface area contributed by atoms with Crippen LogP contribution < -0.4 is 0 Å². The van der Waals surface area contributed by atoms with Gasteiger partial charge in [0, 0.05) is 13.1 Å². The molecule has 68 heavy (non-hydrogen) atoms. The molecule has 8 aromatic rings. The van der Waals surface area contributed by atoms with Crippen LogP contribution in [-0.2, 0) is 9.59 Å². The largest absolute Gasteiger partial charge is 0.340 e. The molecular weight excluding hydrogens is 841 g/mol. The van der Waals surface area contributed by atoms with Gasteiger partial charge in [-0.15, -0.1) is 0 Å². The van der Waals surface area contributed by atoms with Crippen molar-refractivity contribution in [2.75, 3.05) is 39.3 Å². The van der Waals surface area contributed by atoms with Gasteiger partial charge in [0.1, 0.15) is 23.7 Å². The number of rotatable bonds is 10. The minimum Gasteiger partial charge on any atom is -0.340 e. The number of benzene rings is 6. The summed E-state index contributed by atoms with van der Waals surface area (Å²) < 4.78 is 0. The van der Waals surface area contributed by atoms with E-state index in [9.17, 15) is 9.59 Å². The van der Waals surface area contributed by atoms with Crippen LogP contribution in [0.1, 0.15) is 111 Å². The van der Waals surface area contributed by atoms with Gasteiger partial charge in [-0.2, -0.15) is 0 Å². The minimum absolute atomic E-state index is 0.0731. The number of carbonyl (C=O) groups is 2. The molecular formula is C58H60N8O2. The molecule has 4 atom stereocenters. The summed E-state index contributed by atoms with van der Waals surface area (Å²) in [7, 11) is 0. The van der Waals surface area contributed by atoms with Crippen LogP contribution in [0.3, 0.4) is 0 Å². The molecule has 10 heteroatoms. The van der Waals surface area contributed by atoms with E-state index in [1.807, 2.05) is 12.1 Å². The Morgan fingerprint density at radius 1 is 0.441 bits per heavy atom. The van der Waals surface area contributed by atoms with E-state index >= 15 is 0 Å². The Hall–Kier alpha value is -6.62. The number of piperidine rings is 2. The third kappa shape index (κ3) is 8.17. The average Bonchev–Trinajstić information content (AvgIpc) is 4.24. The van der Waals surface area contributed by atoms with Gasteiger partial charge in [-0.25, -0.2) is 9.97 Å². The lowest BCUT2D eigenvalue weighted by atomic mass is 9.97. The van der Waals surface area contributed by atoms with Crippen LogP contribution in [-0.4, -0.2) is 90.6 Å². The summed E-state index contributed by atoms with van der Waals surface area (Å²) in [5, 5.41) is 2.35. The molecule has 2 N–H and O–H groups in total. The third-order valence-corrected chi connectivity index (χ3v) is 15.4. The van der Waals surface area contributed by atoms with Gasteiger partial charge in [0.25, 0.3) is 0 Å². The predicted molar refractivity (Wildman–Crippen MR) is 271 cm³/mol. The Morgan fingerprint density at radius 3 is 1.26 bits per heavy atom. The Balaban J connectivity index is 0.764. The highest BCUT2D eigenvalue weighted by atomic mass is 16.2. The summed E-state index contributed by atoms with van der Waals surface area (Å²) >= 11 is 0. The van der Waals surface area contributed by atoms with Crippen molar-refractivity contribution in [3.63, 3.8) is 0 Å². The zero-order chi connectivity index (χ0) is 45.6. The second-order valence-corrected chi connectivity index (χ2v) is 19.7. The van der Waals surface area contributed by atoms with Crippen molar-refractivity contribution in [2.45, 2.75) is 88.4 Å². The van der Waals surface area contributed by atoms with Gasteiger partial charge in [-0.1, -0.05) is 110 Å². The fraction of sp³-hybridized carbons (Fsp3) is 0.345. The van der Waals surface area contributed by atoms with Gasteiger partial charge in [0.05, 0.1) is 34.2 Å². The minimum atomic E-state index is -0.263. The highest BCUT2D eigenvalue weighted by Gasteiger charge is 2.40. The van der Waals surface area contributed by atoms with Crippen molar-refractivity contribution >= 4 is 44.7 Å². The van der Waals surface area contributed by atoms with Crippen molar-refractivity contribution in [1.82, 2.24) is 39.5 Å². The molecule has 6 heterocycles. The number of aromatic amines is 2. The number of imidazole rings is 2. The zero-order valence-corrected chi connectivity index (χ0v) is 38.8. The summed E-state index contributed by atoms with van der Waals surface area (Å²) in [6.45, 7) is 5.32. The van der Waals surface area contributed by atoms with E-state index in [4.69, 9.17) is 9.97 Å². The van der Waals surface area contributed by atoms with Crippen LogP contribution in [0.4, 0.5) is 0 Å². The normalized spacial score (nSPS) is 20.4. The van der Waals surface area contributed by atoms with E-state index < -0.39 is 0 Å². The molecule has 0 bridgehead atoms. The summed E-state index contributed by atoms with van der Waals surface area (Å²) in [6.07, 6.45) is 10.7. The van der Waals surface area contributed by atoms with E-state index in [0.717, 1.165) is 158 Å². The Bertz CT molecular complexity index is 2890. The maximum atomic E-state index is 14.5. The van der Waals surface area contributed by atoms with Gasteiger partial charge >= 0.3 is 0 Å². The van der Waals surface area contributed by atoms with Crippen LogP contribution in [0.5, 0.6) is 0 Å². The Morgan fingerprint density at radius 2 is 0.838 bits per heavy atom. The van der Waals surface area contributed by atoms with E-state index in [2.05, 4.69) is 151 Å². The summed E-state index contributed by atoms with van der Waals surface area (Å²) in [5.41, 5.74) is 10.5. The van der Waals surface area contributed by atoms with Crippen molar-refractivity contribution in [3.8, 4) is 22.3 Å². The molecule has 2 amide bonds. The Labute approximate surface area is 398 Å². The first kappa shape index (κ1) is 42.7. The molecule has 0 saturated carbocycles. The lowest BCUT2D eigenvalue weighted by Crippen LogP contribution is -2.44.